The van der Waals surface area contributed by atoms with Gasteiger partial charge in [-0.05, 0) is 66.6 Å². The second-order valence-electron chi connectivity index (χ2n) is 10.6. The van der Waals surface area contributed by atoms with Crippen molar-refractivity contribution in [3.05, 3.63) is 105 Å². The third-order valence-corrected chi connectivity index (χ3v) is 8.16. The standard InChI is InChI=1S/C32H28Cl2F2N2O7/c33-24-14-38(43)15-25(34)22(24)12-21(18-7-10-28(45-32(35)36)29(11-18)44-16-17-5-6-17)19-8-9-20(31(41)42)30(40)23(19)13-37-26-3-1-2-4-27(26)39/h1-4,7-11,14-15,17,21,32,37H,5-6,12-13,16H2,(H3-,39,40,41,42,43)/t21-/m0/s1. The number of anilines is 1. The molecule has 1 saturated carbocycles. The maximum Gasteiger partial charge on any atom is 0.387 e. The van der Waals surface area contributed by atoms with E-state index in [0.29, 0.717) is 39.6 Å². The molecule has 1 aliphatic rings. The van der Waals surface area contributed by atoms with Crippen LogP contribution in [0.2, 0.25) is 10.0 Å². The van der Waals surface area contributed by atoms with E-state index in [1.807, 2.05) is 0 Å². The first-order valence-electron chi connectivity index (χ1n) is 13.9. The van der Waals surface area contributed by atoms with Crippen LogP contribution in [0.15, 0.2) is 67.0 Å². The molecule has 1 fully saturated rings. The summed E-state index contributed by atoms with van der Waals surface area (Å²) in [7, 11) is 0. The Kier molecular flexibility index (Phi) is 9.69. The minimum absolute atomic E-state index is 0.0588. The van der Waals surface area contributed by atoms with Gasteiger partial charge in [0.2, 0.25) is 12.4 Å². The zero-order valence-electron chi connectivity index (χ0n) is 23.6. The van der Waals surface area contributed by atoms with E-state index >= 15 is 0 Å². The first-order valence-corrected chi connectivity index (χ1v) is 14.6. The number of phenols is 2. The molecule has 45 heavy (non-hydrogen) atoms. The number of phenolic OH excluding ortho intramolecular Hbond substituents is 1. The number of carbonyl (C=O) groups excluding carboxylic acids is 1. The smallest absolute Gasteiger partial charge is 0.387 e. The predicted octanol–water partition coefficient (Wildman–Crippen LogP) is 5.67. The molecule has 0 unspecified atom stereocenters. The lowest BCUT2D eigenvalue weighted by atomic mass is 9.82. The molecule has 4 aromatic rings. The van der Waals surface area contributed by atoms with E-state index in [-0.39, 0.29) is 45.8 Å². The van der Waals surface area contributed by atoms with Crippen LogP contribution in [-0.2, 0) is 13.0 Å². The molecule has 1 heterocycles. The summed E-state index contributed by atoms with van der Waals surface area (Å²) in [6.07, 6.45) is 4.45. The lowest BCUT2D eigenvalue weighted by Crippen LogP contribution is -2.29. The molecule has 0 saturated heterocycles. The van der Waals surface area contributed by atoms with Crippen molar-refractivity contribution in [3.8, 4) is 23.0 Å². The van der Waals surface area contributed by atoms with Crippen LogP contribution in [0.5, 0.6) is 23.0 Å². The average Bonchev–Trinajstić information content (AvgIpc) is 3.81. The largest absolute Gasteiger partial charge is 0.545 e. The van der Waals surface area contributed by atoms with E-state index in [9.17, 15) is 34.1 Å². The number of aromatic nitrogens is 1. The van der Waals surface area contributed by atoms with Crippen LogP contribution < -0.4 is 24.6 Å². The van der Waals surface area contributed by atoms with E-state index in [1.165, 1.54) is 36.7 Å². The number of carbonyl (C=O) groups is 1. The Balaban J connectivity index is 1.66. The second kappa shape index (κ2) is 13.7. The van der Waals surface area contributed by atoms with Gasteiger partial charge in [0, 0.05) is 33.9 Å². The number of aromatic carboxylic acids is 1. The quantitative estimate of drug-likeness (QED) is 0.0819. The van der Waals surface area contributed by atoms with E-state index < -0.39 is 29.8 Å². The summed E-state index contributed by atoms with van der Waals surface area (Å²) < 4.78 is 37.8. The topological polar surface area (TPSA) is 135 Å². The molecule has 0 bridgehead atoms. The van der Waals surface area contributed by atoms with Gasteiger partial charge in [-0.25, -0.2) is 0 Å². The van der Waals surface area contributed by atoms with Crippen LogP contribution >= 0.6 is 23.2 Å². The molecule has 0 aliphatic heterocycles. The molecule has 0 amide bonds. The summed E-state index contributed by atoms with van der Waals surface area (Å²) in [5, 5.41) is 46.6. The Morgan fingerprint density at radius 2 is 1.73 bits per heavy atom. The lowest BCUT2D eigenvalue weighted by molar-refractivity contribution is -0.904. The van der Waals surface area contributed by atoms with Gasteiger partial charge in [-0.3, -0.25) is 5.21 Å². The van der Waals surface area contributed by atoms with Crippen molar-refractivity contribution >= 4 is 34.9 Å². The number of alkyl halides is 2. The average molecular weight is 661 g/mol. The Morgan fingerprint density at radius 1 is 1.02 bits per heavy atom. The highest BCUT2D eigenvalue weighted by molar-refractivity contribution is 6.35. The molecule has 4 N–H and O–H groups in total. The SMILES string of the molecule is O=C([O-])c1ccc([C@@H](Cc2c(Cl)c[n+](O)cc2Cl)c2ccc(OC(F)F)c(OCC3CC3)c2)c(CNc2ccccc2O)c1O. The van der Waals surface area contributed by atoms with Gasteiger partial charge in [0.25, 0.3) is 0 Å². The number of hydrogen-bond donors (Lipinski definition) is 4. The third kappa shape index (κ3) is 7.61. The van der Waals surface area contributed by atoms with Crippen molar-refractivity contribution < 1.29 is 48.3 Å². The summed E-state index contributed by atoms with van der Waals surface area (Å²) in [5.41, 5.74) is 1.36. The number of pyridine rings is 1. The highest BCUT2D eigenvalue weighted by Crippen LogP contribution is 2.42. The fourth-order valence-corrected chi connectivity index (χ4v) is 5.63. The summed E-state index contributed by atoms with van der Waals surface area (Å²) in [4.78, 5) is 11.9. The minimum atomic E-state index is -3.09. The van der Waals surface area contributed by atoms with Crippen LogP contribution in [0.4, 0.5) is 14.5 Å². The first-order chi connectivity index (χ1) is 21.5. The number of nitrogens with one attached hydrogen (secondary N) is 1. The molecule has 13 heteroatoms. The number of carboxylic acids is 1. The highest BCUT2D eigenvalue weighted by Gasteiger charge is 2.28. The van der Waals surface area contributed by atoms with Crippen LogP contribution in [0.3, 0.4) is 0 Å². The summed E-state index contributed by atoms with van der Waals surface area (Å²) >= 11 is 13.0. The minimum Gasteiger partial charge on any atom is -0.545 e. The van der Waals surface area contributed by atoms with Crippen molar-refractivity contribution in [2.24, 2.45) is 5.92 Å². The lowest BCUT2D eigenvalue weighted by Gasteiger charge is -2.25. The molecule has 0 spiro atoms. The number of halogens is 4. The number of ether oxygens (including phenoxy) is 2. The van der Waals surface area contributed by atoms with Crippen LogP contribution in [0.25, 0.3) is 0 Å². The van der Waals surface area contributed by atoms with E-state index in [1.54, 1.807) is 30.3 Å². The fraction of sp³-hybridized carbons (Fsp3) is 0.250. The van der Waals surface area contributed by atoms with Crippen molar-refractivity contribution in [2.75, 3.05) is 11.9 Å². The van der Waals surface area contributed by atoms with Crippen molar-refractivity contribution in [1.29, 1.82) is 0 Å². The zero-order chi connectivity index (χ0) is 32.2. The van der Waals surface area contributed by atoms with Gasteiger partial charge < -0.3 is 34.9 Å². The molecule has 0 radical (unpaired) electrons. The Hall–Kier alpha value is -4.48. The maximum atomic E-state index is 13.3. The first kappa shape index (κ1) is 31.9. The number of aromatic hydroxyl groups is 2. The van der Waals surface area contributed by atoms with Crippen molar-refractivity contribution in [2.45, 2.75) is 38.3 Å². The van der Waals surface area contributed by atoms with Gasteiger partial charge in [0.15, 0.2) is 11.5 Å². The van der Waals surface area contributed by atoms with E-state index in [4.69, 9.17) is 32.7 Å². The van der Waals surface area contributed by atoms with Gasteiger partial charge in [0.1, 0.15) is 21.5 Å². The van der Waals surface area contributed by atoms with Crippen LogP contribution in [0.1, 0.15) is 51.4 Å². The van der Waals surface area contributed by atoms with Gasteiger partial charge in [-0.15, -0.1) is 0 Å². The Morgan fingerprint density at radius 3 is 2.38 bits per heavy atom. The van der Waals surface area contributed by atoms with E-state index in [2.05, 4.69) is 5.32 Å². The number of nitrogens with zero attached hydrogens (tertiary/aromatic N) is 1. The Labute approximate surface area is 266 Å². The summed E-state index contributed by atoms with van der Waals surface area (Å²) in [6, 6.07) is 13.5. The molecule has 1 atom stereocenters. The third-order valence-electron chi connectivity index (χ3n) is 7.51. The number of para-hydroxylation sites is 2. The highest BCUT2D eigenvalue weighted by atomic mass is 35.5. The molecule has 1 aliphatic carbocycles. The van der Waals surface area contributed by atoms with Crippen molar-refractivity contribution in [3.63, 3.8) is 0 Å². The van der Waals surface area contributed by atoms with Crippen LogP contribution in [-0.4, -0.2) is 34.6 Å². The number of benzene rings is 3. The van der Waals surface area contributed by atoms with Crippen molar-refractivity contribution in [1.82, 2.24) is 0 Å². The molecule has 236 valence electrons. The van der Waals surface area contributed by atoms with Gasteiger partial charge in [-0.1, -0.05) is 47.5 Å². The normalized spacial score (nSPS) is 13.4. The van der Waals surface area contributed by atoms with Gasteiger partial charge in [-0.2, -0.15) is 8.78 Å². The molecule has 5 rings (SSSR count). The van der Waals surface area contributed by atoms with Crippen LogP contribution in [0, 0.1) is 5.92 Å². The maximum absolute atomic E-state index is 13.3. The number of rotatable bonds is 13. The molecule has 9 nitrogen and oxygen atoms in total. The predicted molar refractivity (Wildman–Crippen MR) is 159 cm³/mol. The van der Waals surface area contributed by atoms with Gasteiger partial charge >= 0.3 is 6.61 Å². The summed E-state index contributed by atoms with van der Waals surface area (Å²) in [6.45, 7) is -2.93. The molecular weight excluding hydrogens is 633 g/mol. The Bertz CT molecular complexity index is 1700. The second-order valence-corrected chi connectivity index (χ2v) is 11.4. The summed E-state index contributed by atoms with van der Waals surface area (Å²) in [5.74, 6) is -2.77. The zero-order valence-corrected chi connectivity index (χ0v) is 25.1. The molecule has 3 aromatic carbocycles. The molecule has 1 aromatic heterocycles. The number of carboxylic acid groups (broad SMARTS) is 1. The van der Waals surface area contributed by atoms with Gasteiger partial charge in [0.05, 0.1) is 18.3 Å². The monoisotopic (exact) mass is 660 g/mol. The molecular formula is C32H28Cl2F2N2O7. The number of hydrogen-bond acceptors (Lipinski definition) is 8. The van der Waals surface area contributed by atoms with E-state index in [0.717, 1.165) is 12.8 Å². The fourth-order valence-electron chi connectivity index (χ4n) is 5.02.